The lowest BCUT2D eigenvalue weighted by Gasteiger charge is -2.13. The van der Waals surface area contributed by atoms with E-state index in [9.17, 15) is 9.90 Å². The van der Waals surface area contributed by atoms with E-state index in [2.05, 4.69) is 15.8 Å². The summed E-state index contributed by atoms with van der Waals surface area (Å²) in [4.78, 5) is 11.6. The number of hydrogen-bond acceptors (Lipinski definition) is 4. The van der Waals surface area contributed by atoms with E-state index in [0.29, 0.717) is 22.2 Å². The summed E-state index contributed by atoms with van der Waals surface area (Å²) in [7, 11) is 0. The molecule has 1 atom stereocenters. The van der Waals surface area contributed by atoms with Crippen LogP contribution in [0.3, 0.4) is 0 Å². The molecule has 20 heavy (non-hydrogen) atoms. The topological polar surface area (TPSA) is 87.4 Å². The summed E-state index contributed by atoms with van der Waals surface area (Å²) < 4.78 is 4.82. The van der Waals surface area contributed by atoms with Crippen molar-refractivity contribution in [1.29, 1.82) is 0 Å². The number of carbonyl (C=O) groups excluding carboxylic acids is 1. The fourth-order valence-electron chi connectivity index (χ4n) is 1.63. The maximum Gasteiger partial charge on any atom is 0.320 e. The van der Waals surface area contributed by atoms with Gasteiger partial charge in [-0.25, -0.2) is 4.79 Å². The van der Waals surface area contributed by atoms with E-state index in [0.717, 1.165) is 0 Å². The summed E-state index contributed by atoms with van der Waals surface area (Å²) in [5.74, 6) is 0.906. The number of aliphatic hydroxyl groups is 1. The molecule has 0 aliphatic rings. The van der Waals surface area contributed by atoms with E-state index in [1.54, 1.807) is 37.3 Å². The average molecular weight is 296 g/mol. The number of nitrogens with zero attached hydrogens (tertiary/aromatic N) is 1. The van der Waals surface area contributed by atoms with Crippen molar-refractivity contribution in [2.24, 2.45) is 0 Å². The highest BCUT2D eigenvalue weighted by molar-refractivity contribution is 6.31. The van der Waals surface area contributed by atoms with Gasteiger partial charge in [-0.1, -0.05) is 35.0 Å². The predicted octanol–water partition coefficient (Wildman–Crippen LogP) is 2.49. The third-order valence-electron chi connectivity index (χ3n) is 2.59. The van der Waals surface area contributed by atoms with Crippen LogP contribution in [-0.4, -0.2) is 22.8 Å². The molecular formula is C13H14ClN3O3. The zero-order chi connectivity index (χ0) is 14.5. The molecule has 0 fully saturated rings. The van der Waals surface area contributed by atoms with Gasteiger partial charge in [0.2, 0.25) is 0 Å². The van der Waals surface area contributed by atoms with Crippen LogP contribution in [0.15, 0.2) is 34.9 Å². The Hall–Kier alpha value is -2.05. The maximum absolute atomic E-state index is 11.6. The SMILES string of the molecule is Cc1cc(NC(=O)NCC(O)c2ccccc2Cl)no1. The molecule has 7 heteroatoms. The highest BCUT2D eigenvalue weighted by Gasteiger charge is 2.13. The van der Waals surface area contributed by atoms with Crippen molar-refractivity contribution < 1.29 is 14.4 Å². The number of benzene rings is 1. The van der Waals surface area contributed by atoms with Crippen molar-refractivity contribution in [1.82, 2.24) is 10.5 Å². The molecular weight excluding hydrogens is 282 g/mol. The lowest BCUT2D eigenvalue weighted by Crippen LogP contribution is -2.32. The largest absolute Gasteiger partial charge is 0.387 e. The second-order valence-electron chi connectivity index (χ2n) is 4.20. The molecule has 2 aromatic rings. The van der Waals surface area contributed by atoms with Gasteiger partial charge in [-0.3, -0.25) is 5.32 Å². The Labute approximate surface area is 120 Å². The minimum atomic E-state index is -0.881. The van der Waals surface area contributed by atoms with Crippen LogP contribution in [-0.2, 0) is 0 Å². The van der Waals surface area contributed by atoms with Gasteiger partial charge in [0.05, 0.1) is 6.10 Å². The van der Waals surface area contributed by atoms with Crippen LogP contribution in [0.2, 0.25) is 5.02 Å². The van der Waals surface area contributed by atoms with Gasteiger partial charge in [0.15, 0.2) is 5.82 Å². The number of aryl methyl sites for hydroxylation is 1. The van der Waals surface area contributed by atoms with E-state index in [-0.39, 0.29) is 6.54 Å². The van der Waals surface area contributed by atoms with Crippen LogP contribution in [0.4, 0.5) is 10.6 Å². The molecule has 0 spiro atoms. The first-order valence-corrected chi connectivity index (χ1v) is 6.34. The van der Waals surface area contributed by atoms with Gasteiger partial charge < -0.3 is 14.9 Å². The minimum Gasteiger partial charge on any atom is -0.387 e. The van der Waals surface area contributed by atoms with Gasteiger partial charge in [0.1, 0.15) is 5.76 Å². The lowest BCUT2D eigenvalue weighted by atomic mass is 10.1. The number of halogens is 1. The molecule has 1 aromatic heterocycles. The first kappa shape index (κ1) is 14.4. The Morgan fingerprint density at radius 3 is 2.90 bits per heavy atom. The molecule has 2 rings (SSSR count). The van der Waals surface area contributed by atoms with Crippen LogP contribution >= 0.6 is 11.6 Å². The Balaban J connectivity index is 1.85. The number of nitrogens with one attached hydrogen (secondary N) is 2. The smallest absolute Gasteiger partial charge is 0.320 e. The standard InChI is InChI=1S/C13H14ClN3O3/c1-8-6-12(17-20-8)16-13(19)15-7-11(18)9-4-2-3-5-10(9)14/h2-6,11,18H,7H2,1H3,(H2,15,16,17,19). The fourth-order valence-corrected chi connectivity index (χ4v) is 1.89. The monoisotopic (exact) mass is 295 g/mol. The molecule has 0 aliphatic heterocycles. The Morgan fingerprint density at radius 2 is 2.25 bits per heavy atom. The highest BCUT2D eigenvalue weighted by atomic mass is 35.5. The van der Waals surface area contributed by atoms with Crippen molar-refractivity contribution >= 4 is 23.4 Å². The number of amides is 2. The zero-order valence-electron chi connectivity index (χ0n) is 10.8. The van der Waals surface area contributed by atoms with Gasteiger partial charge >= 0.3 is 6.03 Å². The van der Waals surface area contributed by atoms with E-state index in [1.807, 2.05) is 0 Å². The average Bonchev–Trinajstić information content (AvgIpc) is 2.82. The van der Waals surface area contributed by atoms with Crippen molar-refractivity contribution in [3.63, 3.8) is 0 Å². The number of aliphatic hydroxyl groups excluding tert-OH is 1. The maximum atomic E-state index is 11.6. The molecule has 6 nitrogen and oxygen atoms in total. The molecule has 0 aliphatic carbocycles. The predicted molar refractivity (Wildman–Crippen MR) is 74.7 cm³/mol. The Kier molecular flexibility index (Phi) is 4.60. The molecule has 2 amide bonds. The van der Waals surface area contributed by atoms with Gasteiger partial charge in [-0.2, -0.15) is 0 Å². The summed E-state index contributed by atoms with van der Waals surface area (Å²) in [5.41, 5.74) is 0.562. The summed E-state index contributed by atoms with van der Waals surface area (Å²) in [6.07, 6.45) is -0.881. The second-order valence-corrected chi connectivity index (χ2v) is 4.60. The number of urea groups is 1. The first-order valence-electron chi connectivity index (χ1n) is 5.97. The molecule has 106 valence electrons. The number of anilines is 1. The van der Waals surface area contributed by atoms with Crippen molar-refractivity contribution in [3.8, 4) is 0 Å². The number of aromatic nitrogens is 1. The van der Waals surface area contributed by atoms with Crippen LogP contribution in [0.25, 0.3) is 0 Å². The van der Waals surface area contributed by atoms with E-state index >= 15 is 0 Å². The molecule has 1 unspecified atom stereocenters. The van der Waals surface area contributed by atoms with Crippen LogP contribution in [0.1, 0.15) is 17.4 Å². The van der Waals surface area contributed by atoms with Crippen LogP contribution < -0.4 is 10.6 Å². The quantitative estimate of drug-likeness (QED) is 0.808. The van der Waals surface area contributed by atoms with Gasteiger partial charge in [-0.15, -0.1) is 0 Å². The third kappa shape index (κ3) is 3.72. The summed E-state index contributed by atoms with van der Waals surface area (Å²) in [5, 5.41) is 19.0. The Bertz CT molecular complexity index is 600. The molecule has 0 saturated heterocycles. The summed E-state index contributed by atoms with van der Waals surface area (Å²) in [6, 6.07) is 8.02. The zero-order valence-corrected chi connectivity index (χ0v) is 11.5. The molecule has 1 aromatic carbocycles. The van der Waals surface area contributed by atoms with Crippen molar-refractivity contribution in [2.45, 2.75) is 13.0 Å². The first-order chi connectivity index (χ1) is 9.56. The normalized spacial score (nSPS) is 11.9. The van der Waals surface area contributed by atoms with Crippen molar-refractivity contribution in [2.75, 3.05) is 11.9 Å². The summed E-state index contributed by atoms with van der Waals surface area (Å²) >= 11 is 5.96. The van der Waals surface area contributed by atoms with E-state index < -0.39 is 12.1 Å². The lowest BCUT2D eigenvalue weighted by molar-refractivity contribution is 0.175. The second kappa shape index (κ2) is 6.40. The van der Waals surface area contributed by atoms with Gasteiger partial charge in [-0.05, 0) is 13.0 Å². The van der Waals surface area contributed by atoms with Crippen LogP contribution in [0.5, 0.6) is 0 Å². The molecule has 3 N–H and O–H groups in total. The van der Waals surface area contributed by atoms with E-state index in [4.69, 9.17) is 16.1 Å². The number of hydrogen-bond donors (Lipinski definition) is 3. The molecule has 0 radical (unpaired) electrons. The molecule has 0 saturated carbocycles. The van der Waals surface area contributed by atoms with Crippen LogP contribution in [0, 0.1) is 6.92 Å². The summed E-state index contributed by atoms with van der Waals surface area (Å²) in [6.45, 7) is 1.75. The molecule has 0 bridgehead atoms. The van der Waals surface area contributed by atoms with Gasteiger partial charge in [0.25, 0.3) is 0 Å². The van der Waals surface area contributed by atoms with Crippen molar-refractivity contribution in [3.05, 3.63) is 46.7 Å². The Morgan fingerprint density at radius 1 is 1.50 bits per heavy atom. The number of rotatable bonds is 4. The number of carbonyl (C=O) groups is 1. The molecule has 1 heterocycles. The third-order valence-corrected chi connectivity index (χ3v) is 2.93. The fraction of sp³-hybridized carbons (Fsp3) is 0.231. The van der Waals surface area contributed by atoms with Gasteiger partial charge in [0, 0.05) is 23.2 Å². The minimum absolute atomic E-state index is 0.0341. The highest BCUT2D eigenvalue weighted by Crippen LogP contribution is 2.21. The van der Waals surface area contributed by atoms with E-state index in [1.165, 1.54) is 0 Å².